The number of nitrogens with zero attached hydrogens (tertiary/aromatic N) is 4. The Morgan fingerprint density at radius 2 is 1.29 bits per heavy atom. The molecule has 4 aliphatic rings. The quantitative estimate of drug-likeness (QED) is 0.256. The highest BCUT2D eigenvalue weighted by atomic mass is 15.2. The molecule has 1 saturated heterocycles. The van der Waals surface area contributed by atoms with Crippen LogP contribution in [-0.4, -0.2) is 27.0 Å². The summed E-state index contributed by atoms with van der Waals surface area (Å²) in [4.78, 5) is 17.3. The Morgan fingerprint density at radius 1 is 0.659 bits per heavy atom. The lowest BCUT2D eigenvalue weighted by Gasteiger charge is -2.38. The fourth-order valence-corrected chi connectivity index (χ4v) is 6.66. The number of hydrogen-bond acceptors (Lipinski definition) is 4. The van der Waals surface area contributed by atoms with Crippen LogP contribution in [0.25, 0.3) is 34.2 Å². The molecule has 2 heterocycles. The molecule has 0 spiro atoms. The zero-order chi connectivity index (χ0) is 27.2. The van der Waals surface area contributed by atoms with Crippen LogP contribution in [0.3, 0.4) is 0 Å². The van der Waals surface area contributed by atoms with E-state index in [4.69, 9.17) is 15.0 Å². The predicted octanol–water partition coefficient (Wildman–Crippen LogP) is 7.60. The van der Waals surface area contributed by atoms with Crippen molar-refractivity contribution < 1.29 is 0 Å². The Labute approximate surface area is 240 Å². The minimum atomic E-state index is 0.318. The lowest BCUT2D eigenvalue weighted by atomic mass is 9.77. The van der Waals surface area contributed by atoms with Gasteiger partial charge in [-0.3, -0.25) is 0 Å². The highest BCUT2D eigenvalue weighted by molar-refractivity contribution is 5.71. The molecule has 4 nitrogen and oxygen atoms in total. The normalized spacial score (nSPS) is 21.9. The molecule has 4 aromatic rings. The number of allylic oxidation sites excluding steroid dienone is 4. The second-order valence-electron chi connectivity index (χ2n) is 10.9. The lowest BCUT2D eigenvalue weighted by Crippen LogP contribution is -2.42. The minimum Gasteiger partial charge on any atom is -0.356 e. The first kappa shape index (κ1) is 23.8. The second-order valence-corrected chi connectivity index (χ2v) is 10.9. The third-order valence-electron chi connectivity index (χ3n) is 8.58. The average Bonchev–Trinajstić information content (AvgIpc) is 3.40. The summed E-state index contributed by atoms with van der Waals surface area (Å²) >= 11 is 0. The summed E-state index contributed by atoms with van der Waals surface area (Å²) in [5, 5.41) is 0. The Hall–Kier alpha value is -5.01. The van der Waals surface area contributed by atoms with Crippen molar-refractivity contribution in [2.45, 2.75) is 31.3 Å². The topological polar surface area (TPSA) is 41.9 Å². The van der Waals surface area contributed by atoms with Gasteiger partial charge in [0.15, 0.2) is 17.5 Å². The smallest absolute Gasteiger partial charge is 0.164 e. The summed E-state index contributed by atoms with van der Waals surface area (Å²) in [6, 6.07) is 29.7. The fraction of sp³-hybridized carbons (Fsp3) is 0.162. The van der Waals surface area contributed by atoms with Crippen molar-refractivity contribution in [2.75, 3.05) is 4.90 Å². The molecule has 3 aliphatic carbocycles. The second kappa shape index (κ2) is 9.87. The van der Waals surface area contributed by atoms with E-state index in [2.05, 4.69) is 71.4 Å². The highest BCUT2D eigenvalue weighted by Crippen LogP contribution is 2.48. The molecule has 4 heteroatoms. The van der Waals surface area contributed by atoms with E-state index < -0.39 is 0 Å². The Bertz CT molecular complexity index is 1760. The van der Waals surface area contributed by atoms with Crippen molar-refractivity contribution in [3.8, 4) is 46.0 Å². The summed E-state index contributed by atoms with van der Waals surface area (Å²) < 4.78 is 0. The van der Waals surface area contributed by atoms with Gasteiger partial charge in [-0.05, 0) is 54.3 Å². The van der Waals surface area contributed by atoms with E-state index in [1.165, 1.54) is 22.4 Å². The summed E-state index contributed by atoms with van der Waals surface area (Å²) in [6.45, 7) is 0. The van der Waals surface area contributed by atoms with Crippen LogP contribution in [-0.2, 0) is 0 Å². The van der Waals surface area contributed by atoms with Crippen molar-refractivity contribution in [3.63, 3.8) is 0 Å². The SMILES string of the molecule is C1#CC2=CC=C3C4=CC=CCC4N(c4ccc(-c5nc(-c6ccccc6)nc(-c6ccccc6)n5)cc4)C3C2CC1. The van der Waals surface area contributed by atoms with Crippen molar-refractivity contribution in [1.82, 2.24) is 15.0 Å². The summed E-state index contributed by atoms with van der Waals surface area (Å²) in [5.74, 6) is 9.24. The van der Waals surface area contributed by atoms with E-state index in [0.717, 1.165) is 36.0 Å². The monoisotopic (exact) mass is 528 g/mol. The van der Waals surface area contributed by atoms with Crippen LogP contribution in [0.4, 0.5) is 5.69 Å². The molecule has 196 valence electrons. The molecular formula is C37H28N4. The molecule has 1 fully saturated rings. The van der Waals surface area contributed by atoms with E-state index in [0.29, 0.717) is 35.5 Å². The van der Waals surface area contributed by atoms with Crippen LogP contribution in [0.2, 0.25) is 0 Å². The first-order chi connectivity index (χ1) is 20.3. The van der Waals surface area contributed by atoms with E-state index >= 15 is 0 Å². The molecule has 0 amide bonds. The van der Waals surface area contributed by atoms with Gasteiger partial charge in [0, 0.05) is 40.3 Å². The maximum absolute atomic E-state index is 4.93. The Morgan fingerprint density at radius 3 is 1.95 bits per heavy atom. The van der Waals surface area contributed by atoms with Gasteiger partial charge in [-0.1, -0.05) is 96.8 Å². The van der Waals surface area contributed by atoms with Crippen LogP contribution < -0.4 is 4.90 Å². The number of anilines is 1. The molecule has 0 N–H and O–H groups in total. The van der Waals surface area contributed by atoms with Crippen molar-refractivity contribution in [3.05, 3.63) is 132 Å². The molecule has 3 unspecified atom stereocenters. The van der Waals surface area contributed by atoms with Gasteiger partial charge >= 0.3 is 0 Å². The van der Waals surface area contributed by atoms with Gasteiger partial charge < -0.3 is 4.90 Å². The molecule has 41 heavy (non-hydrogen) atoms. The molecule has 3 aromatic carbocycles. The van der Waals surface area contributed by atoms with Gasteiger partial charge in [0.25, 0.3) is 0 Å². The lowest BCUT2D eigenvalue weighted by molar-refractivity contribution is 0.479. The fourth-order valence-electron chi connectivity index (χ4n) is 6.66. The number of benzene rings is 3. The third kappa shape index (κ3) is 4.13. The molecule has 8 rings (SSSR count). The Kier molecular flexibility index (Phi) is 5.74. The number of rotatable bonds is 4. The van der Waals surface area contributed by atoms with Gasteiger partial charge in [-0.15, -0.1) is 0 Å². The maximum Gasteiger partial charge on any atom is 0.164 e. The van der Waals surface area contributed by atoms with Gasteiger partial charge in [0.05, 0.1) is 12.1 Å². The summed E-state index contributed by atoms with van der Waals surface area (Å²) in [7, 11) is 0. The van der Waals surface area contributed by atoms with Crippen molar-refractivity contribution in [1.29, 1.82) is 0 Å². The average molecular weight is 529 g/mol. The summed E-state index contributed by atoms with van der Waals surface area (Å²) in [6.07, 6.45) is 14.5. The summed E-state index contributed by atoms with van der Waals surface area (Å²) in [5.41, 5.74) is 8.35. The number of aromatic nitrogens is 3. The van der Waals surface area contributed by atoms with Crippen LogP contribution in [0.15, 0.2) is 132 Å². The highest BCUT2D eigenvalue weighted by Gasteiger charge is 2.46. The van der Waals surface area contributed by atoms with Crippen LogP contribution in [0.5, 0.6) is 0 Å². The number of hydrogen-bond donors (Lipinski definition) is 0. The van der Waals surface area contributed by atoms with Gasteiger partial charge in [0.2, 0.25) is 0 Å². The number of fused-ring (bicyclic) bond motifs is 5. The van der Waals surface area contributed by atoms with Crippen LogP contribution >= 0.6 is 0 Å². The molecule has 0 saturated carbocycles. The Balaban J connectivity index is 1.19. The van der Waals surface area contributed by atoms with Crippen LogP contribution in [0.1, 0.15) is 19.3 Å². The van der Waals surface area contributed by atoms with E-state index in [-0.39, 0.29) is 0 Å². The van der Waals surface area contributed by atoms with Crippen molar-refractivity contribution >= 4 is 5.69 Å². The third-order valence-corrected chi connectivity index (χ3v) is 8.58. The standard InChI is InChI=1S/C37H28N4/c1-3-12-26(13-4-1)35-38-36(27-14-5-2-6-15-27)40-37(39-35)28-19-22-29(23-20-28)41-33-18-10-9-17-31(33)32-24-21-25-11-7-8-16-30(25)34(32)41/h1-6,9-10,12-15,17,19-24,30,33-34H,8,16,18H2. The molecule has 1 aliphatic heterocycles. The zero-order valence-corrected chi connectivity index (χ0v) is 22.6. The van der Waals surface area contributed by atoms with Gasteiger partial charge in [0.1, 0.15) is 0 Å². The zero-order valence-electron chi connectivity index (χ0n) is 22.6. The molecular weight excluding hydrogens is 500 g/mol. The maximum atomic E-state index is 4.93. The molecule has 0 radical (unpaired) electrons. The van der Waals surface area contributed by atoms with Gasteiger partial charge in [-0.25, -0.2) is 15.0 Å². The van der Waals surface area contributed by atoms with Crippen molar-refractivity contribution in [2.24, 2.45) is 5.92 Å². The van der Waals surface area contributed by atoms with E-state index in [1.54, 1.807) is 0 Å². The first-order valence-corrected chi connectivity index (χ1v) is 14.4. The molecule has 0 bridgehead atoms. The minimum absolute atomic E-state index is 0.318. The van der Waals surface area contributed by atoms with E-state index in [1.807, 2.05) is 60.7 Å². The van der Waals surface area contributed by atoms with E-state index in [9.17, 15) is 0 Å². The van der Waals surface area contributed by atoms with Gasteiger partial charge in [-0.2, -0.15) is 0 Å². The predicted molar refractivity (Wildman–Crippen MR) is 165 cm³/mol. The molecule has 3 atom stereocenters. The largest absolute Gasteiger partial charge is 0.356 e. The molecule has 1 aromatic heterocycles. The first-order valence-electron chi connectivity index (χ1n) is 14.4. The van der Waals surface area contributed by atoms with Crippen LogP contribution in [0, 0.1) is 17.8 Å².